The van der Waals surface area contributed by atoms with Gasteiger partial charge in [0.05, 0.1) is 13.2 Å². The van der Waals surface area contributed by atoms with Crippen LogP contribution in [0.2, 0.25) is 0 Å². The van der Waals surface area contributed by atoms with Crippen molar-refractivity contribution in [2.24, 2.45) is 0 Å². The molecule has 0 aliphatic carbocycles. The molecule has 3 aromatic rings. The first kappa shape index (κ1) is 23.3. The maximum atomic E-state index is 13.5. The number of hydrogen-bond donors (Lipinski definition) is 1. The molecule has 7 nitrogen and oxygen atoms in total. The maximum absolute atomic E-state index is 13.5. The molecule has 2 aromatic carbocycles. The van der Waals surface area contributed by atoms with Crippen LogP contribution in [0.25, 0.3) is 0 Å². The summed E-state index contributed by atoms with van der Waals surface area (Å²) >= 11 is 0. The summed E-state index contributed by atoms with van der Waals surface area (Å²) in [6.07, 6.45) is 3.57. The molecule has 1 aliphatic heterocycles. The smallest absolute Gasteiger partial charge is 0.254 e. The summed E-state index contributed by atoms with van der Waals surface area (Å²) < 4.78 is 5.26. The minimum Gasteiger partial charge on any atom is -0.497 e. The highest BCUT2D eigenvalue weighted by Crippen LogP contribution is 2.28. The first-order valence-electron chi connectivity index (χ1n) is 11.4. The van der Waals surface area contributed by atoms with E-state index in [-0.39, 0.29) is 17.9 Å². The van der Waals surface area contributed by atoms with E-state index in [2.05, 4.69) is 10.3 Å². The number of nitrogens with one attached hydrogen (secondary N) is 1. The molecule has 1 aromatic heterocycles. The molecular weight excluding hydrogens is 428 g/mol. The zero-order valence-corrected chi connectivity index (χ0v) is 19.8. The van der Waals surface area contributed by atoms with Crippen molar-refractivity contribution in [1.82, 2.24) is 14.8 Å². The molecule has 1 fully saturated rings. The Hall–Kier alpha value is -3.87. The van der Waals surface area contributed by atoms with Gasteiger partial charge in [-0.3, -0.25) is 14.6 Å². The van der Waals surface area contributed by atoms with Crippen LogP contribution in [-0.2, 0) is 11.3 Å². The van der Waals surface area contributed by atoms with E-state index in [9.17, 15) is 9.59 Å². The Labute approximate surface area is 200 Å². The monoisotopic (exact) mass is 458 g/mol. The number of pyridine rings is 1. The lowest BCUT2D eigenvalue weighted by molar-refractivity contribution is -0.133. The average Bonchev–Trinajstić information content (AvgIpc) is 2.88. The lowest BCUT2D eigenvalue weighted by Crippen LogP contribution is -2.51. The molecular formula is C27H30N4O3. The summed E-state index contributed by atoms with van der Waals surface area (Å²) in [5, 5.41) is 3.42. The zero-order valence-electron chi connectivity index (χ0n) is 19.8. The van der Waals surface area contributed by atoms with Gasteiger partial charge in [0.15, 0.2) is 0 Å². The van der Waals surface area contributed by atoms with Crippen molar-refractivity contribution in [2.75, 3.05) is 32.1 Å². The van der Waals surface area contributed by atoms with E-state index in [4.69, 9.17) is 4.74 Å². The second-order valence-electron chi connectivity index (χ2n) is 8.50. The molecule has 0 spiro atoms. The third-order valence-corrected chi connectivity index (χ3v) is 6.26. The Morgan fingerprint density at radius 2 is 1.91 bits per heavy atom. The van der Waals surface area contributed by atoms with E-state index in [0.717, 1.165) is 28.1 Å². The predicted octanol–water partition coefficient (Wildman–Crippen LogP) is 4.06. The molecule has 34 heavy (non-hydrogen) atoms. The van der Waals surface area contributed by atoms with Crippen LogP contribution >= 0.6 is 0 Å². The average molecular weight is 459 g/mol. The second kappa shape index (κ2) is 10.4. The lowest BCUT2D eigenvalue weighted by Gasteiger charge is -2.41. The van der Waals surface area contributed by atoms with E-state index >= 15 is 0 Å². The summed E-state index contributed by atoms with van der Waals surface area (Å²) in [4.78, 5) is 33.6. The second-order valence-corrected chi connectivity index (χ2v) is 8.50. The van der Waals surface area contributed by atoms with Crippen molar-refractivity contribution in [3.05, 3.63) is 89.2 Å². The number of carbonyl (C=O) groups is 2. The van der Waals surface area contributed by atoms with Crippen LogP contribution in [0.15, 0.2) is 67.0 Å². The molecule has 1 atom stereocenters. The highest BCUT2D eigenvalue weighted by atomic mass is 16.5. The minimum atomic E-state index is -0.199. The van der Waals surface area contributed by atoms with Crippen molar-refractivity contribution in [2.45, 2.75) is 26.4 Å². The summed E-state index contributed by atoms with van der Waals surface area (Å²) in [6, 6.07) is 17.1. The fraction of sp³-hybridized carbons (Fsp3) is 0.296. The van der Waals surface area contributed by atoms with Gasteiger partial charge >= 0.3 is 0 Å². The number of amides is 2. The molecule has 1 N–H and O–H groups in total. The van der Waals surface area contributed by atoms with Gasteiger partial charge in [0.25, 0.3) is 5.91 Å². The lowest BCUT2D eigenvalue weighted by atomic mass is 10.0. The molecule has 4 rings (SSSR count). The van der Waals surface area contributed by atoms with Crippen molar-refractivity contribution < 1.29 is 14.3 Å². The number of anilines is 1. The number of nitrogens with zero attached hydrogens (tertiary/aromatic N) is 3. The van der Waals surface area contributed by atoms with Gasteiger partial charge in [0.2, 0.25) is 5.91 Å². The van der Waals surface area contributed by atoms with Crippen LogP contribution in [0, 0.1) is 6.92 Å². The molecule has 0 saturated carbocycles. The van der Waals surface area contributed by atoms with E-state index < -0.39 is 0 Å². The molecule has 2 amide bonds. The van der Waals surface area contributed by atoms with Crippen molar-refractivity contribution in [1.29, 1.82) is 0 Å². The van der Waals surface area contributed by atoms with E-state index in [1.165, 1.54) is 0 Å². The number of hydrogen-bond acceptors (Lipinski definition) is 5. The van der Waals surface area contributed by atoms with E-state index in [1.807, 2.05) is 77.5 Å². The highest BCUT2D eigenvalue weighted by molar-refractivity contribution is 5.95. The Morgan fingerprint density at radius 1 is 1.12 bits per heavy atom. The third-order valence-electron chi connectivity index (χ3n) is 6.26. The zero-order chi connectivity index (χ0) is 24.1. The quantitative estimate of drug-likeness (QED) is 0.603. The molecule has 7 heteroatoms. The number of aryl methyl sites for hydroxylation is 1. The Morgan fingerprint density at radius 3 is 2.59 bits per heavy atom. The number of rotatable bonds is 6. The van der Waals surface area contributed by atoms with Crippen LogP contribution in [0.5, 0.6) is 5.75 Å². The molecule has 1 aliphatic rings. The number of methoxy groups -OCH3 is 1. The van der Waals surface area contributed by atoms with Gasteiger partial charge in [-0.05, 0) is 53.9 Å². The first-order valence-corrected chi connectivity index (χ1v) is 11.4. The van der Waals surface area contributed by atoms with Crippen molar-refractivity contribution in [3.8, 4) is 5.75 Å². The molecule has 176 valence electrons. The number of carbonyl (C=O) groups excluding carboxylic acids is 2. The Balaban J connectivity index is 1.52. The minimum absolute atomic E-state index is 0.00476. The molecule has 1 saturated heterocycles. The van der Waals surface area contributed by atoms with Gasteiger partial charge in [-0.25, -0.2) is 0 Å². The largest absolute Gasteiger partial charge is 0.497 e. The van der Waals surface area contributed by atoms with E-state index in [1.54, 1.807) is 20.2 Å². The topological polar surface area (TPSA) is 74.8 Å². The van der Waals surface area contributed by atoms with Crippen LogP contribution in [0.1, 0.15) is 40.0 Å². The van der Waals surface area contributed by atoms with Crippen molar-refractivity contribution >= 4 is 17.5 Å². The Kier molecular flexibility index (Phi) is 7.11. The summed E-state index contributed by atoms with van der Waals surface area (Å²) in [6.45, 7) is 5.66. The fourth-order valence-electron chi connectivity index (χ4n) is 4.28. The molecule has 2 heterocycles. The van der Waals surface area contributed by atoms with Crippen LogP contribution in [-0.4, -0.2) is 53.3 Å². The number of piperazine rings is 1. The Bertz CT molecular complexity index is 1150. The summed E-state index contributed by atoms with van der Waals surface area (Å²) in [5.74, 6) is 0.726. The molecule has 0 unspecified atom stereocenters. The fourth-order valence-corrected chi connectivity index (χ4v) is 4.28. The number of benzene rings is 2. The summed E-state index contributed by atoms with van der Waals surface area (Å²) in [7, 11) is 1.62. The van der Waals surface area contributed by atoms with Gasteiger partial charge in [0.1, 0.15) is 5.75 Å². The summed E-state index contributed by atoms with van der Waals surface area (Å²) in [5.41, 5.74) is 4.67. The number of ether oxygens (including phenoxy) is 1. The first-order chi connectivity index (χ1) is 16.5. The van der Waals surface area contributed by atoms with Crippen LogP contribution < -0.4 is 10.1 Å². The van der Waals surface area contributed by atoms with Crippen LogP contribution in [0.3, 0.4) is 0 Å². The normalized spacial score (nSPS) is 15.7. The van der Waals surface area contributed by atoms with Gasteiger partial charge in [-0.15, -0.1) is 0 Å². The highest BCUT2D eigenvalue weighted by Gasteiger charge is 2.32. The SMILES string of the molecule is COc1ccc([C@H]2CN(C(=O)c3ccc(C)c(NCc4cccnc4)c3)CCN2C(C)=O)cc1. The third kappa shape index (κ3) is 5.20. The molecule has 0 bridgehead atoms. The van der Waals surface area contributed by atoms with Gasteiger partial charge < -0.3 is 19.9 Å². The predicted molar refractivity (Wildman–Crippen MR) is 132 cm³/mol. The van der Waals surface area contributed by atoms with E-state index in [0.29, 0.717) is 31.7 Å². The standard InChI is InChI=1S/C27H30N4O3/c1-19-6-7-23(15-25(19)29-17-21-5-4-12-28-16-21)27(33)30-13-14-31(20(2)32)26(18-30)22-8-10-24(34-3)11-9-22/h4-12,15-16,26,29H,13-14,17-18H2,1-3H3/t26-/m1/s1. The maximum Gasteiger partial charge on any atom is 0.254 e. The molecule has 0 radical (unpaired) electrons. The van der Waals surface area contributed by atoms with Crippen molar-refractivity contribution in [3.63, 3.8) is 0 Å². The van der Waals surface area contributed by atoms with Gasteiger partial charge in [-0.2, -0.15) is 0 Å². The van der Waals surface area contributed by atoms with Gasteiger partial charge in [-0.1, -0.05) is 24.3 Å². The van der Waals surface area contributed by atoms with Gasteiger partial charge in [0, 0.05) is 56.7 Å². The van der Waals surface area contributed by atoms with Crippen LogP contribution in [0.4, 0.5) is 5.69 Å². The number of aromatic nitrogens is 1.